The molecule has 0 aromatic carbocycles. The molecule has 1 saturated carbocycles. The van der Waals surface area contributed by atoms with E-state index in [2.05, 4.69) is 16.3 Å². The van der Waals surface area contributed by atoms with Crippen molar-refractivity contribution in [3.8, 4) is 6.07 Å². The number of aromatic nitrogens is 2. The molecule has 2 fully saturated rings. The first kappa shape index (κ1) is 13.8. The zero-order valence-corrected chi connectivity index (χ0v) is 12.2. The largest absolute Gasteiger partial charge is 0.480 e. The molecule has 0 amide bonds. The summed E-state index contributed by atoms with van der Waals surface area (Å²) in [6.45, 7) is 4.30. The summed E-state index contributed by atoms with van der Waals surface area (Å²) in [6.07, 6.45) is 3.10. The van der Waals surface area contributed by atoms with E-state index >= 15 is 0 Å². The van der Waals surface area contributed by atoms with Crippen LogP contribution in [0.5, 0.6) is 0 Å². The van der Waals surface area contributed by atoms with Crippen molar-refractivity contribution in [1.29, 1.82) is 5.26 Å². The van der Waals surface area contributed by atoms with Crippen LogP contribution in [0.1, 0.15) is 36.1 Å². The summed E-state index contributed by atoms with van der Waals surface area (Å²) in [4.78, 5) is 13.5. The highest BCUT2D eigenvalue weighted by Gasteiger charge is 2.49. The Kier molecular flexibility index (Phi) is 3.28. The van der Waals surface area contributed by atoms with Gasteiger partial charge < -0.3 is 10.0 Å². The van der Waals surface area contributed by atoms with E-state index in [0.29, 0.717) is 29.5 Å². The molecule has 6 nitrogen and oxygen atoms in total. The lowest BCUT2D eigenvalue weighted by Crippen LogP contribution is -2.40. The molecule has 2 aliphatic rings. The van der Waals surface area contributed by atoms with Gasteiger partial charge in [0.2, 0.25) is 0 Å². The van der Waals surface area contributed by atoms with Crippen LogP contribution >= 0.6 is 0 Å². The summed E-state index contributed by atoms with van der Waals surface area (Å²) in [5, 5.41) is 27.3. The Bertz CT molecular complexity index is 637. The number of nitrogens with zero attached hydrogens (tertiary/aromatic N) is 4. The fourth-order valence-electron chi connectivity index (χ4n) is 3.77. The van der Waals surface area contributed by atoms with Crippen molar-refractivity contribution < 1.29 is 9.90 Å². The van der Waals surface area contributed by atoms with Gasteiger partial charge in [0, 0.05) is 6.54 Å². The van der Waals surface area contributed by atoms with Gasteiger partial charge in [-0.15, -0.1) is 5.10 Å². The van der Waals surface area contributed by atoms with Gasteiger partial charge in [0.15, 0.2) is 5.82 Å². The van der Waals surface area contributed by atoms with Crippen LogP contribution in [-0.2, 0) is 4.79 Å². The van der Waals surface area contributed by atoms with Crippen LogP contribution in [-0.4, -0.2) is 33.9 Å². The van der Waals surface area contributed by atoms with E-state index in [1.807, 2.05) is 6.92 Å². The number of aliphatic carboxylic acids is 1. The van der Waals surface area contributed by atoms with Gasteiger partial charge in [-0.2, -0.15) is 10.4 Å². The highest BCUT2D eigenvalue weighted by Crippen LogP contribution is 2.44. The van der Waals surface area contributed by atoms with Gasteiger partial charge in [-0.25, -0.2) is 4.79 Å². The predicted octanol–water partition coefficient (Wildman–Crippen LogP) is 1.65. The molecule has 2 heterocycles. The molecule has 1 N–H and O–H groups in total. The third kappa shape index (κ3) is 2.04. The Hall–Kier alpha value is -2.16. The predicted molar refractivity (Wildman–Crippen MR) is 75.8 cm³/mol. The standard InChI is InChI=1S/C15H18N4O2/c1-8-9(2)17-18-14(12(8)6-16)19-7-10-4-3-5-11(10)13(19)15(20)21/h10-11,13H,3-5,7H2,1-2H3,(H,20,21). The molecule has 110 valence electrons. The second-order valence-corrected chi connectivity index (χ2v) is 6.01. The third-order valence-corrected chi connectivity index (χ3v) is 4.96. The summed E-state index contributed by atoms with van der Waals surface area (Å²) in [5.74, 6) is 0.161. The van der Waals surface area contributed by atoms with Crippen LogP contribution in [0.2, 0.25) is 0 Å². The van der Waals surface area contributed by atoms with Crippen molar-refractivity contribution in [1.82, 2.24) is 10.2 Å². The van der Waals surface area contributed by atoms with Crippen molar-refractivity contribution >= 4 is 11.8 Å². The maximum Gasteiger partial charge on any atom is 0.326 e. The molecule has 1 aliphatic carbocycles. The van der Waals surface area contributed by atoms with Crippen LogP contribution in [0.25, 0.3) is 0 Å². The number of carboxylic acid groups (broad SMARTS) is 1. The van der Waals surface area contributed by atoms with Crippen LogP contribution in [0.15, 0.2) is 0 Å². The van der Waals surface area contributed by atoms with Gasteiger partial charge in [0.1, 0.15) is 17.7 Å². The molecule has 3 rings (SSSR count). The molecule has 21 heavy (non-hydrogen) atoms. The molecule has 1 aromatic heterocycles. The molecule has 1 aliphatic heterocycles. The number of hydrogen-bond donors (Lipinski definition) is 1. The second kappa shape index (κ2) is 4.99. The Morgan fingerprint density at radius 1 is 1.38 bits per heavy atom. The molecule has 0 bridgehead atoms. The van der Waals surface area contributed by atoms with Crippen molar-refractivity contribution in [2.45, 2.75) is 39.2 Å². The molecule has 0 radical (unpaired) electrons. The van der Waals surface area contributed by atoms with E-state index < -0.39 is 12.0 Å². The monoisotopic (exact) mass is 286 g/mol. The maximum absolute atomic E-state index is 11.7. The van der Waals surface area contributed by atoms with Crippen LogP contribution in [0, 0.1) is 37.0 Å². The summed E-state index contributed by atoms with van der Waals surface area (Å²) in [6, 6.07) is 1.59. The van der Waals surface area contributed by atoms with Gasteiger partial charge in [0.25, 0.3) is 0 Å². The topological polar surface area (TPSA) is 90.1 Å². The van der Waals surface area contributed by atoms with Gasteiger partial charge in [-0.3, -0.25) is 0 Å². The fraction of sp³-hybridized carbons (Fsp3) is 0.600. The van der Waals surface area contributed by atoms with Crippen molar-refractivity contribution in [3.05, 3.63) is 16.8 Å². The summed E-state index contributed by atoms with van der Waals surface area (Å²) in [5.41, 5.74) is 1.94. The Morgan fingerprint density at radius 3 is 2.81 bits per heavy atom. The van der Waals surface area contributed by atoms with Crippen LogP contribution in [0.4, 0.5) is 5.82 Å². The van der Waals surface area contributed by atoms with Crippen molar-refractivity contribution in [2.24, 2.45) is 11.8 Å². The lowest BCUT2D eigenvalue weighted by molar-refractivity contribution is -0.139. The van der Waals surface area contributed by atoms with Crippen LogP contribution in [0.3, 0.4) is 0 Å². The first-order chi connectivity index (χ1) is 10.0. The minimum atomic E-state index is -0.826. The molecule has 1 saturated heterocycles. The van der Waals surface area contributed by atoms with Gasteiger partial charge in [-0.05, 0) is 44.1 Å². The molecule has 0 spiro atoms. The number of anilines is 1. The summed E-state index contributed by atoms with van der Waals surface area (Å²) < 4.78 is 0. The SMILES string of the molecule is Cc1nnc(N2CC3CCCC3C2C(=O)O)c(C#N)c1C. The number of fused-ring (bicyclic) bond motifs is 1. The average molecular weight is 286 g/mol. The van der Waals surface area contributed by atoms with E-state index in [4.69, 9.17) is 0 Å². The van der Waals surface area contributed by atoms with Gasteiger partial charge in [0.05, 0.1) is 5.69 Å². The Balaban J connectivity index is 2.06. The molecule has 1 aromatic rings. The summed E-state index contributed by atoms with van der Waals surface area (Å²) >= 11 is 0. The molecule has 3 atom stereocenters. The highest BCUT2D eigenvalue weighted by molar-refractivity contribution is 5.80. The van der Waals surface area contributed by atoms with E-state index in [-0.39, 0.29) is 5.92 Å². The lowest BCUT2D eigenvalue weighted by atomic mass is 9.94. The number of rotatable bonds is 2. The minimum absolute atomic E-state index is 0.164. The van der Waals surface area contributed by atoms with E-state index in [9.17, 15) is 15.2 Å². The molecule has 6 heteroatoms. The lowest BCUT2D eigenvalue weighted by Gasteiger charge is -2.26. The normalized spacial score (nSPS) is 27.5. The second-order valence-electron chi connectivity index (χ2n) is 6.01. The molecule has 3 unspecified atom stereocenters. The number of hydrogen-bond acceptors (Lipinski definition) is 5. The Labute approximate surface area is 123 Å². The molecular formula is C15H18N4O2. The maximum atomic E-state index is 11.7. The van der Waals surface area contributed by atoms with Crippen molar-refractivity contribution in [3.63, 3.8) is 0 Å². The quantitative estimate of drug-likeness (QED) is 0.889. The van der Waals surface area contributed by atoms with Gasteiger partial charge >= 0.3 is 5.97 Å². The first-order valence-corrected chi connectivity index (χ1v) is 7.28. The number of aryl methyl sites for hydroxylation is 1. The number of carboxylic acids is 1. The fourth-order valence-corrected chi connectivity index (χ4v) is 3.77. The zero-order chi connectivity index (χ0) is 15.1. The smallest absolute Gasteiger partial charge is 0.326 e. The third-order valence-electron chi connectivity index (χ3n) is 4.96. The average Bonchev–Trinajstić information content (AvgIpc) is 3.01. The van der Waals surface area contributed by atoms with E-state index in [1.54, 1.807) is 11.8 Å². The number of carbonyl (C=O) groups is 1. The van der Waals surface area contributed by atoms with Crippen molar-refractivity contribution in [2.75, 3.05) is 11.4 Å². The number of nitriles is 1. The minimum Gasteiger partial charge on any atom is -0.480 e. The van der Waals surface area contributed by atoms with Gasteiger partial charge in [-0.1, -0.05) is 6.42 Å². The zero-order valence-electron chi connectivity index (χ0n) is 12.2. The highest BCUT2D eigenvalue weighted by atomic mass is 16.4. The Morgan fingerprint density at radius 2 is 2.14 bits per heavy atom. The van der Waals surface area contributed by atoms with E-state index in [1.165, 1.54) is 0 Å². The summed E-state index contributed by atoms with van der Waals surface area (Å²) in [7, 11) is 0. The van der Waals surface area contributed by atoms with E-state index in [0.717, 1.165) is 24.8 Å². The first-order valence-electron chi connectivity index (χ1n) is 7.28. The van der Waals surface area contributed by atoms with Crippen LogP contribution < -0.4 is 4.90 Å². The molecular weight excluding hydrogens is 268 g/mol.